The van der Waals surface area contributed by atoms with Gasteiger partial charge in [0.15, 0.2) is 0 Å². The molecule has 8 atom stereocenters. The van der Waals surface area contributed by atoms with E-state index < -0.39 is 54.8 Å². The van der Waals surface area contributed by atoms with Crippen LogP contribution >= 0.6 is 0 Å². The summed E-state index contributed by atoms with van der Waals surface area (Å²) in [5.41, 5.74) is 0.817. The van der Waals surface area contributed by atoms with Gasteiger partial charge in [-0.3, -0.25) is 12.5 Å². The minimum absolute atomic E-state index is 0.0980. The second-order valence-corrected chi connectivity index (χ2v) is 21.1. The highest BCUT2D eigenvalue weighted by Gasteiger charge is 2.43. The van der Waals surface area contributed by atoms with E-state index in [0.717, 1.165) is 101 Å². The van der Waals surface area contributed by atoms with Gasteiger partial charge in [0.05, 0.1) is 49.3 Å². The maximum absolute atomic E-state index is 12.2. The Bertz CT molecular complexity index is 1510. The van der Waals surface area contributed by atoms with E-state index in [4.69, 9.17) is 26.8 Å². The predicted molar refractivity (Wildman–Crippen MR) is 217 cm³/mol. The van der Waals surface area contributed by atoms with E-state index >= 15 is 0 Å². The van der Waals surface area contributed by atoms with E-state index in [0.29, 0.717) is 57.8 Å². The minimum atomic E-state index is -3.79. The standard InChI is InChI=1S/C40H72O13S3/c1-6-7-8-18-22-33(51-54(3,42)43)23-20-25-39(53-56(5,46)47)37-29-27-35(50-37)34-26-28-36(49-34)38(52-55(4,44)45)24-19-16-14-12-10-9-11-13-15-17-21-32-30-31(2)48-40(32)41/h30-31,33-39H,6-29H2,1-5H3/t31-,33-,34+,35+,36+,37+,38+,39-/m0/s1. The molecule has 16 heteroatoms. The largest absolute Gasteiger partial charge is 0.455 e. The normalized spacial score (nSPS) is 25.0. The lowest BCUT2D eigenvalue weighted by Crippen LogP contribution is -2.36. The number of unbranched alkanes of at least 4 members (excludes halogenated alkanes) is 12. The maximum Gasteiger partial charge on any atom is 0.334 e. The molecule has 0 aromatic rings. The molecule has 0 aliphatic carbocycles. The van der Waals surface area contributed by atoms with Crippen LogP contribution in [0.1, 0.15) is 168 Å². The summed E-state index contributed by atoms with van der Waals surface area (Å²) in [5, 5.41) is 0. The Kier molecular flexibility index (Phi) is 21.8. The van der Waals surface area contributed by atoms with Crippen LogP contribution in [0.4, 0.5) is 0 Å². The zero-order valence-corrected chi connectivity index (χ0v) is 37.1. The predicted octanol–water partition coefficient (Wildman–Crippen LogP) is 7.81. The van der Waals surface area contributed by atoms with Crippen molar-refractivity contribution in [2.24, 2.45) is 0 Å². The van der Waals surface area contributed by atoms with Crippen molar-refractivity contribution in [3.63, 3.8) is 0 Å². The number of cyclic esters (lactones) is 1. The lowest BCUT2D eigenvalue weighted by molar-refractivity contribution is -0.139. The van der Waals surface area contributed by atoms with Gasteiger partial charge >= 0.3 is 5.97 Å². The van der Waals surface area contributed by atoms with E-state index in [-0.39, 0.29) is 30.4 Å². The smallest absolute Gasteiger partial charge is 0.334 e. The van der Waals surface area contributed by atoms with Crippen LogP contribution in [-0.4, -0.2) is 98.8 Å². The molecule has 3 aliphatic heterocycles. The Morgan fingerprint density at radius 3 is 1.48 bits per heavy atom. The summed E-state index contributed by atoms with van der Waals surface area (Å²) in [6, 6.07) is 0. The molecule has 3 rings (SSSR count). The van der Waals surface area contributed by atoms with Gasteiger partial charge in [0.25, 0.3) is 30.4 Å². The molecule has 0 unspecified atom stereocenters. The molecule has 0 aromatic heterocycles. The van der Waals surface area contributed by atoms with Crippen LogP contribution in [0.5, 0.6) is 0 Å². The molecule has 56 heavy (non-hydrogen) atoms. The second kappa shape index (κ2) is 24.8. The van der Waals surface area contributed by atoms with Gasteiger partial charge in [0.2, 0.25) is 0 Å². The first-order chi connectivity index (χ1) is 26.4. The molecule has 3 heterocycles. The fraction of sp³-hybridized carbons (Fsp3) is 0.925. The molecule has 2 saturated heterocycles. The average Bonchev–Trinajstić information content (AvgIpc) is 3.84. The first kappa shape index (κ1) is 49.2. The first-order valence-corrected chi connectivity index (χ1v) is 26.7. The van der Waals surface area contributed by atoms with Crippen LogP contribution < -0.4 is 0 Å². The van der Waals surface area contributed by atoms with Crippen LogP contribution in [-0.2, 0) is 61.9 Å². The molecular formula is C40H72O13S3. The van der Waals surface area contributed by atoms with E-state index in [1.165, 1.54) is 19.3 Å². The molecule has 0 amide bonds. The van der Waals surface area contributed by atoms with E-state index in [2.05, 4.69) is 6.92 Å². The van der Waals surface area contributed by atoms with Crippen molar-refractivity contribution in [2.75, 3.05) is 18.8 Å². The van der Waals surface area contributed by atoms with Crippen molar-refractivity contribution in [2.45, 2.75) is 217 Å². The van der Waals surface area contributed by atoms with Crippen molar-refractivity contribution < 1.29 is 56.8 Å². The van der Waals surface area contributed by atoms with Gasteiger partial charge in [-0.15, -0.1) is 0 Å². The van der Waals surface area contributed by atoms with E-state index in [1.54, 1.807) is 0 Å². The van der Waals surface area contributed by atoms with Crippen LogP contribution in [0.3, 0.4) is 0 Å². The van der Waals surface area contributed by atoms with Gasteiger partial charge in [-0.1, -0.05) is 90.4 Å². The second-order valence-electron chi connectivity index (χ2n) is 16.3. The van der Waals surface area contributed by atoms with Gasteiger partial charge in [0.1, 0.15) is 18.3 Å². The molecule has 3 aliphatic rings. The average molecular weight is 857 g/mol. The summed E-state index contributed by atoms with van der Waals surface area (Å²) in [4.78, 5) is 11.7. The quantitative estimate of drug-likeness (QED) is 0.0376. The van der Waals surface area contributed by atoms with Gasteiger partial charge in [0, 0.05) is 5.57 Å². The third-order valence-electron chi connectivity index (χ3n) is 10.9. The van der Waals surface area contributed by atoms with Crippen molar-refractivity contribution in [1.29, 1.82) is 0 Å². The number of carbonyl (C=O) groups is 1. The third kappa shape index (κ3) is 20.7. The Morgan fingerprint density at radius 2 is 1.02 bits per heavy atom. The molecule has 0 saturated carbocycles. The topological polar surface area (TPSA) is 175 Å². The number of carbonyl (C=O) groups excluding carboxylic acids is 1. The number of hydrogen-bond donors (Lipinski definition) is 0. The number of esters is 1. The van der Waals surface area contributed by atoms with E-state index in [1.807, 2.05) is 13.0 Å². The highest BCUT2D eigenvalue weighted by molar-refractivity contribution is 7.86. The summed E-state index contributed by atoms with van der Waals surface area (Å²) < 4.78 is 107. The van der Waals surface area contributed by atoms with Gasteiger partial charge < -0.3 is 14.2 Å². The molecule has 0 N–H and O–H groups in total. The Labute approximate surface area is 339 Å². The zero-order valence-electron chi connectivity index (χ0n) is 34.7. The van der Waals surface area contributed by atoms with Gasteiger partial charge in [-0.25, -0.2) is 4.79 Å². The molecular weight excluding hydrogens is 785 g/mol. The molecule has 328 valence electrons. The number of rotatable bonds is 31. The van der Waals surface area contributed by atoms with Crippen molar-refractivity contribution in [1.82, 2.24) is 0 Å². The van der Waals surface area contributed by atoms with Crippen LogP contribution in [0.2, 0.25) is 0 Å². The number of hydrogen-bond acceptors (Lipinski definition) is 13. The van der Waals surface area contributed by atoms with Crippen LogP contribution in [0.15, 0.2) is 11.6 Å². The Balaban J connectivity index is 1.39. The monoisotopic (exact) mass is 856 g/mol. The first-order valence-electron chi connectivity index (χ1n) is 21.3. The molecule has 13 nitrogen and oxygen atoms in total. The maximum atomic E-state index is 12.2. The lowest BCUT2D eigenvalue weighted by Gasteiger charge is -2.27. The van der Waals surface area contributed by atoms with Crippen LogP contribution in [0.25, 0.3) is 0 Å². The van der Waals surface area contributed by atoms with Crippen molar-refractivity contribution in [3.05, 3.63) is 11.6 Å². The highest BCUT2D eigenvalue weighted by Crippen LogP contribution is 2.36. The van der Waals surface area contributed by atoms with Crippen molar-refractivity contribution in [3.8, 4) is 0 Å². The summed E-state index contributed by atoms with van der Waals surface area (Å²) in [5.74, 6) is -0.165. The fourth-order valence-corrected chi connectivity index (χ4v) is 10.3. The van der Waals surface area contributed by atoms with Gasteiger partial charge in [-0.05, 0) is 83.6 Å². The zero-order chi connectivity index (χ0) is 41.2. The summed E-state index contributed by atoms with van der Waals surface area (Å²) in [7, 11) is -11.1. The molecule has 0 radical (unpaired) electrons. The fourth-order valence-electron chi connectivity index (χ4n) is 8.24. The molecule has 0 bridgehead atoms. The summed E-state index contributed by atoms with van der Waals surface area (Å²) in [6.45, 7) is 3.99. The third-order valence-corrected chi connectivity index (χ3v) is 12.7. The number of ether oxygens (including phenoxy) is 3. The van der Waals surface area contributed by atoms with E-state index in [9.17, 15) is 30.0 Å². The summed E-state index contributed by atoms with van der Waals surface area (Å²) in [6.07, 6.45) is 22.4. The SMILES string of the molecule is CCCCCC[C@@H](CCC[C@H](OS(C)(=O)=O)[C@H]1CC[C@H]([C@H]2CC[C@H]([C@@H](CCCCCCCCCCCCC3=C[C@H](C)OC3=O)OS(C)(=O)=O)O2)O1)OS(C)(=O)=O. The van der Waals surface area contributed by atoms with Crippen LogP contribution in [0, 0.1) is 0 Å². The molecule has 0 spiro atoms. The highest BCUT2D eigenvalue weighted by atomic mass is 32.2. The minimum Gasteiger partial charge on any atom is -0.455 e. The lowest BCUT2D eigenvalue weighted by atomic mass is 9.99. The van der Waals surface area contributed by atoms with Gasteiger partial charge in [-0.2, -0.15) is 25.3 Å². The Morgan fingerprint density at radius 1 is 0.589 bits per heavy atom. The Hall–Kier alpha value is -1.14. The van der Waals surface area contributed by atoms with Crippen molar-refractivity contribution >= 4 is 36.3 Å². The molecule has 2 fully saturated rings. The summed E-state index contributed by atoms with van der Waals surface area (Å²) >= 11 is 0. The molecule has 0 aromatic carbocycles.